The molecule has 0 fully saturated rings. The molecule has 0 saturated heterocycles. The van der Waals surface area contributed by atoms with Crippen molar-refractivity contribution in [2.24, 2.45) is 0 Å². The summed E-state index contributed by atoms with van der Waals surface area (Å²) >= 11 is 0. The molecule has 26 heavy (non-hydrogen) atoms. The number of phosphoric acid groups is 1. The smallest absolute Gasteiger partial charge is 0.404 e. The molecule has 0 aliphatic rings. The van der Waals surface area contributed by atoms with Gasteiger partial charge in [0.05, 0.1) is 6.61 Å². The van der Waals surface area contributed by atoms with E-state index in [0.29, 0.717) is 5.75 Å². The van der Waals surface area contributed by atoms with E-state index in [1.807, 2.05) is 12.1 Å². The van der Waals surface area contributed by atoms with Crippen LogP contribution in [0.3, 0.4) is 0 Å². The van der Waals surface area contributed by atoms with Gasteiger partial charge in [-0.25, -0.2) is 4.57 Å². The van der Waals surface area contributed by atoms with E-state index in [1.54, 1.807) is 12.1 Å². The number of hydrogen-bond acceptors (Lipinski definition) is 3. The average molecular weight is 384 g/mol. The van der Waals surface area contributed by atoms with E-state index in [1.165, 1.54) is 56.9 Å². The molecule has 1 aromatic rings. The number of aryl methyl sites for hydroxylation is 1. The lowest BCUT2D eigenvalue weighted by Gasteiger charge is -2.13. The van der Waals surface area contributed by atoms with Gasteiger partial charge in [-0.1, -0.05) is 83.8 Å². The van der Waals surface area contributed by atoms with Crippen molar-refractivity contribution in [2.45, 2.75) is 90.9 Å². The summed E-state index contributed by atoms with van der Waals surface area (Å²) in [4.78, 5) is 9.73. The Labute approximate surface area is 159 Å². The lowest BCUT2D eigenvalue weighted by atomic mass is 10.0. The van der Waals surface area contributed by atoms with Gasteiger partial charge in [0, 0.05) is 0 Å². The molecule has 1 aromatic carbocycles. The monoisotopic (exact) mass is 384 g/mol. The standard InChI is InChI=1S/C21H37O4P/c1-3-5-7-8-9-10-11-12-14-20-15-17-21(18-16-20)25-26(22,23)24-19-13-6-4-2/h15-18H,3-14,19H2,1-2H3,(H,22,23). The molecule has 0 aromatic heterocycles. The number of benzene rings is 1. The molecule has 0 bridgehead atoms. The molecular weight excluding hydrogens is 347 g/mol. The maximum Gasteiger partial charge on any atom is 0.527 e. The first-order valence-electron chi connectivity index (χ1n) is 10.3. The largest absolute Gasteiger partial charge is 0.527 e. The van der Waals surface area contributed by atoms with Gasteiger partial charge in [-0.3, -0.25) is 9.42 Å². The van der Waals surface area contributed by atoms with Crippen LogP contribution in [-0.2, 0) is 15.5 Å². The van der Waals surface area contributed by atoms with Crippen LogP contribution >= 0.6 is 7.82 Å². The molecule has 0 amide bonds. The van der Waals surface area contributed by atoms with E-state index >= 15 is 0 Å². The van der Waals surface area contributed by atoms with Gasteiger partial charge in [-0.15, -0.1) is 0 Å². The van der Waals surface area contributed by atoms with E-state index in [-0.39, 0.29) is 6.61 Å². The topological polar surface area (TPSA) is 55.8 Å². The molecule has 150 valence electrons. The van der Waals surface area contributed by atoms with E-state index < -0.39 is 7.82 Å². The molecule has 0 heterocycles. The highest BCUT2D eigenvalue weighted by Gasteiger charge is 2.22. The zero-order valence-electron chi connectivity index (χ0n) is 16.6. The summed E-state index contributed by atoms with van der Waals surface area (Å²) in [5.41, 5.74) is 1.24. The van der Waals surface area contributed by atoms with Crippen LogP contribution in [0.2, 0.25) is 0 Å². The first-order chi connectivity index (χ1) is 12.6. The molecule has 0 radical (unpaired) electrons. The zero-order chi connectivity index (χ0) is 19.1. The fourth-order valence-electron chi connectivity index (χ4n) is 2.87. The summed E-state index contributed by atoms with van der Waals surface area (Å²) in [5.74, 6) is 0.381. The Balaban J connectivity index is 2.21. The zero-order valence-corrected chi connectivity index (χ0v) is 17.5. The van der Waals surface area contributed by atoms with Gasteiger partial charge in [-0.2, -0.15) is 0 Å². The molecule has 0 aliphatic carbocycles. The Kier molecular flexibility index (Phi) is 12.7. The highest BCUT2D eigenvalue weighted by atomic mass is 31.2. The van der Waals surface area contributed by atoms with Crippen molar-refractivity contribution in [3.05, 3.63) is 29.8 Å². The predicted octanol–water partition coefficient (Wildman–Crippen LogP) is 7.06. The van der Waals surface area contributed by atoms with Crippen molar-refractivity contribution in [1.29, 1.82) is 0 Å². The van der Waals surface area contributed by atoms with E-state index in [9.17, 15) is 9.46 Å². The minimum absolute atomic E-state index is 0.248. The van der Waals surface area contributed by atoms with E-state index in [0.717, 1.165) is 25.7 Å². The first-order valence-corrected chi connectivity index (χ1v) is 11.8. The van der Waals surface area contributed by atoms with Crippen LogP contribution in [0.4, 0.5) is 0 Å². The van der Waals surface area contributed by atoms with Crippen molar-refractivity contribution in [3.8, 4) is 5.75 Å². The maximum atomic E-state index is 11.9. The van der Waals surface area contributed by atoms with Crippen molar-refractivity contribution in [2.75, 3.05) is 6.61 Å². The lowest BCUT2D eigenvalue weighted by molar-refractivity contribution is 0.199. The molecule has 0 spiro atoms. The summed E-state index contributed by atoms with van der Waals surface area (Å²) < 4.78 is 22.0. The van der Waals surface area contributed by atoms with Crippen LogP contribution in [0.15, 0.2) is 24.3 Å². The Morgan fingerprint density at radius 2 is 1.35 bits per heavy atom. The number of unbranched alkanes of at least 4 members (excludes halogenated alkanes) is 9. The van der Waals surface area contributed by atoms with Gasteiger partial charge in [0.2, 0.25) is 0 Å². The Morgan fingerprint density at radius 3 is 1.96 bits per heavy atom. The van der Waals surface area contributed by atoms with Crippen molar-refractivity contribution in [1.82, 2.24) is 0 Å². The third-order valence-electron chi connectivity index (χ3n) is 4.47. The third-order valence-corrected chi connectivity index (χ3v) is 5.42. The van der Waals surface area contributed by atoms with Crippen molar-refractivity contribution in [3.63, 3.8) is 0 Å². The summed E-state index contributed by atoms with van der Waals surface area (Å²) in [6.45, 7) is 4.57. The number of hydrogen-bond donors (Lipinski definition) is 1. The first kappa shape index (κ1) is 23.2. The molecule has 1 atom stereocenters. The van der Waals surface area contributed by atoms with Gasteiger partial charge in [0.1, 0.15) is 5.75 Å². The molecule has 1 unspecified atom stereocenters. The van der Waals surface area contributed by atoms with Crippen molar-refractivity contribution < 1.29 is 18.5 Å². The molecule has 1 N–H and O–H groups in total. The van der Waals surface area contributed by atoms with Crippen LogP contribution in [0, 0.1) is 0 Å². The van der Waals surface area contributed by atoms with Gasteiger partial charge in [0.15, 0.2) is 0 Å². The maximum absolute atomic E-state index is 11.9. The molecule has 1 rings (SSSR count). The quantitative estimate of drug-likeness (QED) is 0.245. The summed E-state index contributed by atoms with van der Waals surface area (Å²) in [6, 6.07) is 7.43. The van der Waals surface area contributed by atoms with Crippen LogP contribution < -0.4 is 4.52 Å². The van der Waals surface area contributed by atoms with Gasteiger partial charge >= 0.3 is 7.82 Å². The number of phosphoric ester groups is 1. The Morgan fingerprint density at radius 1 is 0.808 bits per heavy atom. The second-order valence-corrected chi connectivity index (χ2v) is 8.35. The Bertz CT molecular complexity index is 501. The lowest BCUT2D eigenvalue weighted by Crippen LogP contribution is -1.99. The normalized spacial score (nSPS) is 13.5. The second kappa shape index (κ2) is 14.3. The average Bonchev–Trinajstić information content (AvgIpc) is 2.62. The Hall–Kier alpha value is -0.830. The van der Waals surface area contributed by atoms with Crippen LogP contribution in [0.25, 0.3) is 0 Å². The minimum atomic E-state index is -4.01. The predicted molar refractivity (Wildman–Crippen MR) is 109 cm³/mol. The number of rotatable bonds is 16. The summed E-state index contributed by atoms with van der Waals surface area (Å²) in [5, 5.41) is 0. The SMILES string of the molecule is CCCCCCCCCCc1ccc(OP(=O)(O)OCCCCC)cc1. The van der Waals surface area contributed by atoms with Crippen molar-refractivity contribution >= 4 is 7.82 Å². The van der Waals surface area contributed by atoms with Crippen LogP contribution in [-0.4, -0.2) is 11.5 Å². The third kappa shape index (κ3) is 11.7. The molecule has 4 nitrogen and oxygen atoms in total. The van der Waals surface area contributed by atoms with E-state index in [2.05, 4.69) is 13.8 Å². The van der Waals surface area contributed by atoms with Gasteiger partial charge < -0.3 is 4.52 Å². The highest BCUT2D eigenvalue weighted by Crippen LogP contribution is 2.43. The van der Waals surface area contributed by atoms with E-state index in [4.69, 9.17) is 9.05 Å². The second-order valence-electron chi connectivity index (χ2n) is 6.97. The van der Waals surface area contributed by atoms with Gasteiger partial charge in [0.25, 0.3) is 0 Å². The molecule has 5 heteroatoms. The summed E-state index contributed by atoms with van der Waals surface area (Å²) in [6.07, 6.45) is 14.3. The minimum Gasteiger partial charge on any atom is -0.404 e. The van der Waals surface area contributed by atoms with Crippen LogP contribution in [0.5, 0.6) is 5.75 Å². The fraction of sp³-hybridized carbons (Fsp3) is 0.714. The van der Waals surface area contributed by atoms with Crippen LogP contribution in [0.1, 0.15) is 90.0 Å². The molecular formula is C21H37O4P. The highest BCUT2D eigenvalue weighted by molar-refractivity contribution is 7.47. The molecule has 0 saturated carbocycles. The fourth-order valence-corrected chi connectivity index (χ4v) is 3.67. The van der Waals surface area contributed by atoms with Gasteiger partial charge in [-0.05, 0) is 37.0 Å². The molecule has 0 aliphatic heterocycles. The summed E-state index contributed by atoms with van der Waals surface area (Å²) in [7, 11) is -4.01.